The maximum Gasteiger partial charge on any atom is 0.248 e. The van der Waals surface area contributed by atoms with Gasteiger partial charge in [-0.25, -0.2) is 4.98 Å². The molecular weight excluding hydrogens is 384 g/mol. The van der Waals surface area contributed by atoms with E-state index >= 15 is 0 Å². The van der Waals surface area contributed by atoms with Crippen LogP contribution in [-0.2, 0) is 0 Å². The quantitative estimate of drug-likeness (QED) is 0.529. The second-order valence-electron chi connectivity index (χ2n) is 6.50. The van der Waals surface area contributed by atoms with E-state index in [4.69, 9.17) is 19.9 Å². The summed E-state index contributed by atoms with van der Waals surface area (Å²) in [4.78, 5) is 20.4. The number of methoxy groups -OCH3 is 3. The fourth-order valence-corrected chi connectivity index (χ4v) is 3.31. The molecule has 152 valence electrons. The summed E-state index contributed by atoms with van der Waals surface area (Å²) in [7, 11) is 4.70. The Labute approximate surface area is 172 Å². The maximum atomic E-state index is 11.5. The summed E-state index contributed by atoms with van der Waals surface area (Å²) in [5, 5.41) is 0. The molecule has 2 aromatic carbocycles. The van der Waals surface area contributed by atoms with E-state index in [1.165, 1.54) is 0 Å². The first-order chi connectivity index (χ1) is 14.5. The number of rotatable bonds is 6. The zero-order chi connectivity index (χ0) is 21.3. The monoisotopic (exact) mass is 404 g/mol. The summed E-state index contributed by atoms with van der Waals surface area (Å²) in [5.74, 6) is 1.11. The van der Waals surface area contributed by atoms with Crippen LogP contribution in [-0.4, -0.2) is 41.8 Å². The number of hydrogen-bond donors (Lipinski definition) is 1. The van der Waals surface area contributed by atoms with Crippen molar-refractivity contribution >= 4 is 16.9 Å². The Morgan fingerprint density at radius 1 is 0.967 bits per heavy atom. The van der Waals surface area contributed by atoms with E-state index in [0.29, 0.717) is 28.5 Å². The Hall–Kier alpha value is -4.07. The molecule has 0 aliphatic carbocycles. The van der Waals surface area contributed by atoms with Crippen molar-refractivity contribution in [3.8, 4) is 34.2 Å². The molecule has 0 aliphatic heterocycles. The second-order valence-corrected chi connectivity index (χ2v) is 6.50. The van der Waals surface area contributed by atoms with Gasteiger partial charge < -0.3 is 19.9 Å². The maximum absolute atomic E-state index is 11.5. The molecule has 0 unspecified atom stereocenters. The van der Waals surface area contributed by atoms with Gasteiger partial charge in [0.2, 0.25) is 11.7 Å². The minimum atomic E-state index is -0.486. The molecule has 0 saturated carbocycles. The molecule has 0 bridgehead atoms. The number of benzene rings is 2. The number of imidazole rings is 1. The summed E-state index contributed by atoms with van der Waals surface area (Å²) in [5.41, 5.74) is 9.65. The van der Waals surface area contributed by atoms with Gasteiger partial charge >= 0.3 is 0 Å². The first-order valence-electron chi connectivity index (χ1n) is 9.09. The Morgan fingerprint density at radius 3 is 2.33 bits per heavy atom. The average molecular weight is 404 g/mol. The van der Waals surface area contributed by atoms with Crippen LogP contribution in [0.1, 0.15) is 10.4 Å². The summed E-state index contributed by atoms with van der Waals surface area (Å²) in [6.45, 7) is 0. The number of primary amides is 1. The van der Waals surface area contributed by atoms with Crippen LogP contribution in [0.15, 0.2) is 55.0 Å². The highest BCUT2D eigenvalue weighted by Gasteiger charge is 2.16. The third-order valence-electron chi connectivity index (χ3n) is 4.80. The van der Waals surface area contributed by atoms with Gasteiger partial charge in [0, 0.05) is 23.3 Å². The summed E-state index contributed by atoms with van der Waals surface area (Å²) < 4.78 is 18.2. The van der Waals surface area contributed by atoms with E-state index in [2.05, 4.69) is 9.97 Å². The molecule has 30 heavy (non-hydrogen) atoms. The van der Waals surface area contributed by atoms with Gasteiger partial charge in [0.05, 0.1) is 44.4 Å². The normalized spacial score (nSPS) is 10.8. The Balaban J connectivity index is 1.87. The van der Waals surface area contributed by atoms with Gasteiger partial charge in [0.25, 0.3) is 0 Å². The van der Waals surface area contributed by atoms with E-state index in [9.17, 15) is 4.79 Å². The number of carbonyl (C=O) groups is 1. The zero-order valence-corrected chi connectivity index (χ0v) is 16.7. The minimum absolute atomic E-state index is 0.424. The average Bonchev–Trinajstić information content (AvgIpc) is 3.21. The molecule has 0 aliphatic rings. The van der Waals surface area contributed by atoms with Crippen LogP contribution >= 0.6 is 0 Å². The van der Waals surface area contributed by atoms with Gasteiger partial charge in [-0.1, -0.05) is 12.1 Å². The molecule has 4 aromatic rings. The molecule has 0 radical (unpaired) electrons. The van der Waals surface area contributed by atoms with Crippen LogP contribution in [0, 0.1) is 0 Å². The number of nitrogens with zero attached hydrogens (tertiary/aromatic N) is 3. The number of carbonyl (C=O) groups excluding carboxylic acids is 1. The summed E-state index contributed by atoms with van der Waals surface area (Å²) in [6.07, 6.45) is 3.40. The number of fused-ring (bicyclic) bond motifs is 1. The molecule has 4 rings (SSSR count). The van der Waals surface area contributed by atoms with E-state index in [1.807, 2.05) is 28.8 Å². The van der Waals surface area contributed by atoms with Crippen LogP contribution < -0.4 is 19.9 Å². The van der Waals surface area contributed by atoms with E-state index in [1.54, 1.807) is 52.1 Å². The van der Waals surface area contributed by atoms with Gasteiger partial charge in [0.15, 0.2) is 11.5 Å². The summed E-state index contributed by atoms with van der Waals surface area (Å²) in [6, 6.07) is 12.6. The molecule has 8 nitrogen and oxygen atoms in total. The Kier molecular flexibility index (Phi) is 4.97. The van der Waals surface area contributed by atoms with E-state index < -0.39 is 5.91 Å². The van der Waals surface area contributed by atoms with Crippen LogP contribution in [0.3, 0.4) is 0 Å². The molecule has 8 heteroatoms. The van der Waals surface area contributed by atoms with Crippen molar-refractivity contribution in [3.05, 3.63) is 60.6 Å². The molecule has 0 spiro atoms. The SMILES string of the molecule is COc1cc(-n2cnc3cnc(-c4cccc(C(N)=O)c4)cc32)cc(OC)c1OC. The molecular formula is C22H20N4O4. The molecule has 2 heterocycles. The van der Waals surface area contributed by atoms with Crippen molar-refractivity contribution in [2.75, 3.05) is 21.3 Å². The van der Waals surface area contributed by atoms with Crippen LogP contribution in [0.2, 0.25) is 0 Å². The van der Waals surface area contributed by atoms with Gasteiger partial charge in [-0.05, 0) is 18.2 Å². The third-order valence-corrected chi connectivity index (χ3v) is 4.80. The lowest BCUT2D eigenvalue weighted by atomic mass is 10.1. The fraction of sp³-hybridized carbons (Fsp3) is 0.136. The fourth-order valence-electron chi connectivity index (χ4n) is 3.31. The van der Waals surface area contributed by atoms with Crippen molar-refractivity contribution < 1.29 is 19.0 Å². The zero-order valence-electron chi connectivity index (χ0n) is 16.7. The standard InChI is InChI=1S/C22H20N4O4/c1-28-19-8-15(9-20(29-2)21(19)30-3)26-12-25-17-11-24-16(10-18(17)26)13-5-4-6-14(7-13)22(23)27/h4-12H,1-3H3,(H2,23,27). The second kappa shape index (κ2) is 7.75. The van der Waals surface area contributed by atoms with Crippen molar-refractivity contribution in [1.82, 2.24) is 14.5 Å². The van der Waals surface area contributed by atoms with Gasteiger partial charge in [-0.2, -0.15) is 0 Å². The Morgan fingerprint density at radius 2 is 1.70 bits per heavy atom. The molecule has 2 aromatic heterocycles. The van der Waals surface area contributed by atoms with Crippen molar-refractivity contribution in [2.45, 2.75) is 0 Å². The highest BCUT2D eigenvalue weighted by molar-refractivity contribution is 5.94. The number of ether oxygens (including phenoxy) is 3. The van der Waals surface area contributed by atoms with Crippen molar-refractivity contribution in [3.63, 3.8) is 0 Å². The lowest BCUT2D eigenvalue weighted by molar-refractivity contribution is 0.100. The van der Waals surface area contributed by atoms with Gasteiger partial charge in [-0.15, -0.1) is 0 Å². The lowest BCUT2D eigenvalue weighted by Crippen LogP contribution is -2.10. The van der Waals surface area contributed by atoms with Crippen LogP contribution in [0.5, 0.6) is 17.2 Å². The van der Waals surface area contributed by atoms with E-state index in [0.717, 1.165) is 22.3 Å². The number of pyridine rings is 1. The van der Waals surface area contributed by atoms with Gasteiger partial charge in [-0.3, -0.25) is 14.3 Å². The molecule has 1 amide bonds. The molecule has 0 saturated heterocycles. The first-order valence-corrected chi connectivity index (χ1v) is 9.09. The van der Waals surface area contributed by atoms with Gasteiger partial charge in [0.1, 0.15) is 11.8 Å². The summed E-state index contributed by atoms with van der Waals surface area (Å²) >= 11 is 0. The van der Waals surface area contributed by atoms with Crippen molar-refractivity contribution in [1.29, 1.82) is 0 Å². The lowest BCUT2D eigenvalue weighted by Gasteiger charge is -2.15. The number of aromatic nitrogens is 3. The third kappa shape index (κ3) is 3.28. The predicted molar refractivity (Wildman–Crippen MR) is 112 cm³/mol. The Bertz CT molecular complexity index is 1220. The minimum Gasteiger partial charge on any atom is -0.493 e. The number of amides is 1. The predicted octanol–water partition coefficient (Wildman–Crippen LogP) is 3.21. The number of hydrogen-bond acceptors (Lipinski definition) is 6. The van der Waals surface area contributed by atoms with Crippen molar-refractivity contribution in [2.24, 2.45) is 5.73 Å². The molecule has 0 atom stereocenters. The smallest absolute Gasteiger partial charge is 0.248 e. The molecule has 0 fully saturated rings. The first kappa shape index (κ1) is 19.3. The highest BCUT2D eigenvalue weighted by Crippen LogP contribution is 2.40. The largest absolute Gasteiger partial charge is 0.493 e. The number of nitrogens with two attached hydrogens (primary N) is 1. The van der Waals surface area contributed by atoms with Crippen LogP contribution in [0.25, 0.3) is 28.0 Å². The van der Waals surface area contributed by atoms with E-state index in [-0.39, 0.29) is 0 Å². The highest BCUT2D eigenvalue weighted by atomic mass is 16.5. The topological polar surface area (TPSA) is 101 Å². The van der Waals surface area contributed by atoms with Crippen LogP contribution in [0.4, 0.5) is 0 Å². The molecule has 2 N–H and O–H groups in total.